The van der Waals surface area contributed by atoms with Crippen molar-refractivity contribution in [2.24, 2.45) is 16.7 Å². The number of hydrogen-bond acceptors (Lipinski definition) is 3. The van der Waals surface area contributed by atoms with Gasteiger partial charge in [-0.25, -0.2) is 0 Å². The first-order valence-electron chi connectivity index (χ1n) is 12.9. The van der Waals surface area contributed by atoms with Gasteiger partial charge in [0.1, 0.15) is 0 Å². The van der Waals surface area contributed by atoms with Gasteiger partial charge in [0.2, 0.25) is 0 Å². The van der Waals surface area contributed by atoms with Crippen molar-refractivity contribution in [2.45, 2.75) is 112 Å². The molecule has 2 rings (SSSR count). The van der Waals surface area contributed by atoms with Crippen LogP contribution < -0.4 is 0 Å². The van der Waals surface area contributed by atoms with Crippen molar-refractivity contribution in [1.82, 2.24) is 14.7 Å². The minimum Gasteiger partial charge on any atom is -0.301 e. The average molecular weight is 422 g/mol. The van der Waals surface area contributed by atoms with Crippen LogP contribution in [0.2, 0.25) is 0 Å². The lowest BCUT2D eigenvalue weighted by atomic mass is 9.67. The lowest BCUT2D eigenvalue weighted by Gasteiger charge is -2.51. The number of rotatable bonds is 9. The predicted octanol–water partition coefficient (Wildman–Crippen LogP) is 6.14. The highest BCUT2D eigenvalue weighted by Crippen LogP contribution is 2.44. The van der Waals surface area contributed by atoms with Crippen molar-refractivity contribution in [3.05, 3.63) is 0 Å². The summed E-state index contributed by atoms with van der Waals surface area (Å²) < 4.78 is 0. The fourth-order valence-corrected chi connectivity index (χ4v) is 6.71. The van der Waals surface area contributed by atoms with Gasteiger partial charge in [-0.15, -0.1) is 0 Å². The molecule has 0 bridgehead atoms. The van der Waals surface area contributed by atoms with Gasteiger partial charge < -0.3 is 4.90 Å². The van der Waals surface area contributed by atoms with E-state index in [2.05, 4.69) is 83.9 Å². The van der Waals surface area contributed by atoms with Crippen LogP contribution >= 0.6 is 0 Å². The Morgan fingerprint density at radius 1 is 0.633 bits per heavy atom. The zero-order chi connectivity index (χ0) is 22.8. The van der Waals surface area contributed by atoms with Crippen LogP contribution in [0.5, 0.6) is 0 Å². The molecule has 0 amide bonds. The van der Waals surface area contributed by atoms with E-state index in [1.54, 1.807) is 0 Å². The number of hydrogen-bond donors (Lipinski definition) is 0. The first-order chi connectivity index (χ1) is 13.7. The van der Waals surface area contributed by atoms with Gasteiger partial charge in [-0.1, -0.05) is 48.0 Å². The maximum absolute atomic E-state index is 2.80. The van der Waals surface area contributed by atoms with Crippen LogP contribution in [0, 0.1) is 16.7 Å². The Morgan fingerprint density at radius 3 is 1.57 bits per heavy atom. The molecule has 2 aliphatic rings. The summed E-state index contributed by atoms with van der Waals surface area (Å²) in [6, 6.07) is 0. The second kappa shape index (κ2) is 9.79. The van der Waals surface area contributed by atoms with Gasteiger partial charge in [0.05, 0.1) is 0 Å². The van der Waals surface area contributed by atoms with Crippen LogP contribution in [0.4, 0.5) is 0 Å². The molecule has 0 aliphatic carbocycles. The van der Waals surface area contributed by atoms with E-state index in [0.717, 1.165) is 5.92 Å². The second-order valence-corrected chi connectivity index (χ2v) is 13.2. The molecule has 0 N–H and O–H groups in total. The number of piperidine rings is 1. The smallest absolute Gasteiger partial charge is 0.0159 e. The summed E-state index contributed by atoms with van der Waals surface area (Å²) in [5.74, 6) is 0.847. The molecule has 2 heterocycles. The maximum atomic E-state index is 2.80. The van der Waals surface area contributed by atoms with Crippen molar-refractivity contribution in [3.63, 3.8) is 0 Å². The lowest BCUT2D eigenvalue weighted by Crippen LogP contribution is -2.56. The molecule has 0 aromatic heterocycles. The SMILES string of the molecule is CCN1CCN(C(C)(C)CC(C)(C)C2CCN(C(C)(C)CC(C)(C)CC)CC2)CC1. The first-order valence-corrected chi connectivity index (χ1v) is 12.9. The fourth-order valence-electron chi connectivity index (χ4n) is 6.71. The summed E-state index contributed by atoms with van der Waals surface area (Å²) >= 11 is 0. The van der Waals surface area contributed by atoms with Gasteiger partial charge >= 0.3 is 0 Å². The van der Waals surface area contributed by atoms with E-state index in [-0.39, 0.29) is 0 Å². The summed E-state index contributed by atoms with van der Waals surface area (Å²) in [6.45, 7) is 33.3. The standard InChI is InChI=1S/C27H55N3/c1-11-24(3,4)21-26(7,8)29-15-13-23(14-16-29)25(5,6)22-27(9,10)30-19-17-28(12-2)18-20-30/h23H,11-22H2,1-10H3. The molecule has 0 aromatic rings. The van der Waals surface area contributed by atoms with Gasteiger partial charge in [-0.2, -0.15) is 0 Å². The fraction of sp³-hybridized carbons (Fsp3) is 1.00. The molecule has 0 spiro atoms. The minimum atomic E-state index is 0.297. The van der Waals surface area contributed by atoms with Crippen molar-refractivity contribution >= 4 is 0 Å². The van der Waals surface area contributed by atoms with Gasteiger partial charge in [-0.3, -0.25) is 9.80 Å². The molecule has 3 heteroatoms. The number of piperazine rings is 1. The lowest BCUT2D eigenvalue weighted by molar-refractivity contribution is -0.0167. The van der Waals surface area contributed by atoms with E-state index in [9.17, 15) is 0 Å². The highest BCUT2D eigenvalue weighted by molar-refractivity contribution is 4.96. The molecule has 2 fully saturated rings. The molecule has 2 aliphatic heterocycles. The van der Waals surface area contributed by atoms with E-state index >= 15 is 0 Å². The Bertz CT molecular complexity index is 518. The topological polar surface area (TPSA) is 9.72 Å². The third kappa shape index (κ3) is 6.69. The quantitative estimate of drug-likeness (QED) is 0.443. The molecule has 178 valence electrons. The summed E-state index contributed by atoms with van der Waals surface area (Å²) in [6.07, 6.45) is 6.59. The van der Waals surface area contributed by atoms with Crippen LogP contribution in [-0.2, 0) is 0 Å². The molecular weight excluding hydrogens is 366 g/mol. The van der Waals surface area contributed by atoms with Gasteiger partial charge in [0.25, 0.3) is 0 Å². The number of likely N-dealkylation sites (tertiary alicyclic amines) is 1. The molecular formula is C27H55N3. The van der Waals surface area contributed by atoms with E-state index in [4.69, 9.17) is 0 Å². The Morgan fingerprint density at radius 2 is 1.10 bits per heavy atom. The Labute approximate surface area is 189 Å². The Kier molecular flexibility index (Phi) is 8.53. The van der Waals surface area contributed by atoms with Crippen LogP contribution in [0.3, 0.4) is 0 Å². The largest absolute Gasteiger partial charge is 0.301 e. The molecule has 0 radical (unpaired) electrons. The van der Waals surface area contributed by atoms with Crippen LogP contribution in [0.25, 0.3) is 0 Å². The summed E-state index contributed by atoms with van der Waals surface area (Å²) in [4.78, 5) is 8.16. The van der Waals surface area contributed by atoms with Gasteiger partial charge in [0, 0.05) is 37.3 Å². The van der Waals surface area contributed by atoms with Crippen molar-refractivity contribution in [2.75, 3.05) is 45.8 Å². The van der Waals surface area contributed by atoms with Crippen molar-refractivity contribution in [1.29, 1.82) is 0 Å². The molecule has 30 heavy (non-hydrogen) atoms. The highest BCUT2D eigenvalue weighted by Gasteiger charge is 2.42. The van der Waals surface area contributed by atoms with Gasteiger partial charge in [0.15, 0.2) is 0 Å². The van der Waals surface area contributed by atoms with Crippen LogP contribution in [0.1, 0.15) is 101 Å². The normalized spacial score (nSPS) is 22.6. The maximum Gasteiger partial charge on any atom is 0.0159 e. The summed E-state index contributed by atoms with van der Waals surface area (Å²) in [7, 11) is 0. The third-order valence-electron chi connectivity index (χ3n) is 8.89. The van der Waals surface area contributed by atoms with Crippen LogP contribution in [-0.4, -0.2) is 71.6 Å². The average Bonchev–Trinajstić information content (AvgIpc) is 2.66. The zero-order valence-electron chi connectivity index (χ0n) is 22.4. The molecule has 3 nitrogen and oxygen atoms in total. The number of likely N-dealkylation sites (N-methyl/N-ethyl adjacent to an activating group) is 1. The molecule has 0 unspecified atom stereocenters. The van der Waals surface area contributed by atoms with Crippen molar-refractivity contribution < 1.29 is 0 Å². The third-order valence-corrected chi connectivity index (χ3v) is 8.89. The Hall–Kier alpha value is -0.120. The van der Waals surface area contributed by atoms with E-state index in [0.29, 0.717) is 21.9 Å². The molecule has 0 aromatic carbocycles. The van der Waals surface area contributed by atoms with E-state index < -0.39 is 0 Å². The molecule has 2 saturated heterocycles. The molecule has 0 atom stereocenters. The first kappa shape index (κ1) is 26.1. The van der Waals surface area contributed by atoms with Crippen molar-refractivity contribution in [3.8, 4) is 0 Å². The van der Waals surface area contributed by atoms with E-state index in [1.807, 2.05) is 0 Å². The Balaban J connectivity index is 1.92. The number of nitrogens with zero attached hydrogens (tertiary/aromatic N) is 3. The highest BCUT2D eigenvalue weighted by atomic mass is 15.3. The van der Waals surface area contributed by atoms with E-state index in [1.165, 1.54) is 77.9 Å². The zero-order valence-corrected chi connectivity index (χ0v) is 22.4. The van der Waals surface area contributed by atoms with Gasteiger partial charge in [-0.05, 0) is 89.8 Å². The second-order valence-electron chi connectivity index (χ2n) is 13.2. The minimum absolute atomic E-state index is 0.297. The van der Waals surface area contributed by atoms with Crippen LogP contribution in [0.15, 0.2) is 0 Å². The summed E-state index contributed by atoms with van der Waals surface area (Å²) in [5.41, 5.74) is 1.45. The predicted molar refractivity (Wildman–Crippen MR) is 133 cm³/mol. The monoisotopic (exact) mass is 421 g/mol. The summed E-state index contributed by atoms with van der Waals surface area (Å²) in [5, 5.41) is 0. The molecule has 0 saturated carbocycles.